The van der Waals surface area contributed by atoms with Crippen molar-refractivity contribution >= 4 is 16.0 Å². The van der Waals surface area contributed by atoms with Gasteiger partial charge in [-0.15, -0.1) is 10.3 Å². The predicted molar refractivity (Wildman–Crippen MR) is 106 cm³/mol. The molecular formula is C20H29NO2S. The van der Waals surface area contributed by atoms with Crippen LogP contribution in [-0.2, 0) is 17.4 Å². The molecule has 0 saturated carbocycles. The summed E-state index contributed by atoms with van der Waals surface area (Å²) in [7, 11) is -1.09. The second-order valence-corrected chi connectivity index (χ2v) is 11.2. The summed E-state index contributed by atoms with van der Waals surface area (Å²) in [4.78, 5) is 0. The molecule has 2 N–H and O–H groups in total. The number of hydrogen-bond acceptors (Lipinski definition) is 3. The fraction of sp³-hybridized carbons (Fsp3) is 0.400. The van der Waals surface area contributed by atoms with Crippen molar-refractivity contribution in [3.63, 3.8) is 0 Å². The summed E-state index contributed by atoms with van der Waals surface area (Å²) in [6.07, 6.45) is 4.45. The van der Waals surface area contributed by atoms with E-state index in [9.17, 15) is 0 Å². The average molecular weight is 348 g/mol. The highest BCUT2D eigenvalue weighted by molar-refractivity contribution is 8.29. The van der Waals surface area contributed by atoms with Crippen LogP contribution in [0.1, 0.15) is 31.9 Å². The summed E-state index contributed by atoms with van der Waals surface area (Å²) in [6, 6.07) is 15.9. The molecular weight excluding hydrogens is 318 g/mol. The molecule has 2 rings (SSSR count). The molecule has 0 aliphatic carbocycles. The number of nitrogen functional groups attached to an aromatic ring is 1. The van der Waals surface area contributed by atoms with E-state index in [4.69, 9.17) is 14.7 Å². The number of ether oxygens (including phenoxy) is 1. The van der Waals surface area contributed by atoms with Crippen molar-refractivity contribution in [1.82, 2.24) is 0 Å². The van der Waals surface area contributed by atoms with Crippen molar-refractivity contribution in [1.29, 1.82) is 0 Å². The normalized spacial score (nSPS) is 12.9. The minimum Gasteiger partial charge on any atom is -0.489 e. The van der Waals surface area contributed by atoms with Gasteiger partial charge < -0.3 is 14.7 Å². The monoisotopic (exact) mass is 347 g/mol. The third kappa shape index (κ3) is 5.18. The van der Waals surface area contributed by atoms with Crippen molar-refractivity contribution in [3.05, 3.63) is 59.7 Å². The molecule has 0 atom stereocenters. The van der Waals surface area contributed by atoms with E-state index in [0.717, 1.165) is 17.0 Å². The van der Waals surface area contributed by atoms with E-state index in [1.165, 1.54) is 5.56 Å². The summed E-state index contributed by atoms with van der Waals surface area (Å²) >= 11 is 0. The summed E-state index contributed by atoms with van der Waals surface area (Å²) in [5.74, 6) is 0.826. The SMILES string of the molecule is CC(C)(C)S(C)(C)OCc1ccc(COc2ccc(N)cc2)cc1. The van der Waals surface area contributed by atoms with Gasteiger partial charge in [0, 0.05) is 10.4 Å². The van der Waals surface area contributed by atoms with E-state index >= 15 is 0 Å². The van der Waals surface area contributed by atoms with E-state index in [1.807, 2.05) is 24.3 Å². The Hall–Kier alpha value is -1.65. The van der Waals surface area contributed by atoms with Crippen molar-refractivity contribution in [3.8, 4) is 5.75 Å². The van der Waals surface area contributed by atoms with Gasteiger partial charge in [0.05, 0.1) is 6.61 Å². The summed E-state index contributed by atoms with van der Waals surface area (Å²) < 4.78 is 12.1. The van der Waals surface area contributed by atoms with Gasteiger partial charge in [-0.2, -0.15) is 0 Å². The first kappa shape index (κ1) is 18.7. The molecule has 132 valence electrons. The van der Waals surface area contributed by atoms with Gasteiger partial charge in [0.2, 0.25) is 0 Å². The van der Waals surface area contributed by atoms with Crippen molar-refractivity contribution < 1.29 is 8.92 Å². The van der Waals surface area contributed by atoms with Gasteiger partial charge in [-0.1, -0.05) is 45.0 Å². The van der Waals surface area contributed by atoms with Crippen LogP contribution in [0.2, 0.25) is 0 Å². The zero-order chi connectivity index (χ0) is 17.8. The number of nitrogens with two attached hydrogens (primary N) is 1. The van der Waals surface area contributed by atoms with Gasteiger partial charge in [0.25, 0.3) is 0 Å². The zero-order valence-electron chi connectivity index (χ0n) is 15.3. The Kier molecular flexibility index (Phi) is 5.83. The molecule has 2 aromatic rings. The third-order valence-electron chi connectivity index (χ3n) is 4.30. The molecule has 0 spiro atoms. The molecule has 0 saturated heterocycles. The van der Waals surface area contributed by atoms with Crippen molar-refractivity contribution in [2.75, 3.05) is 18.2 Å². The minimum absolute atomic E-state index is 0.180. The van der Waals surface area contributed by atoms with Crippen molar-refractivity contribution in [2.45, 2.75) is 38.7 Å². The first-order chi connectivity index (χ1) is 11.2. The third-order valence-corrected chi connectivity index (χ3v) is 7.96. The lowest BCUT2D eigenvalue weighted by Gasteiger charge is -2.43. The second kappa shape index (κ2) is 7.49. The van der Waals surface area contributed by atoms with E-state index in [1.54, 1.807) is 0 Å². The van der Waals surface area contributed by atoms with Crippen LogP contribution in [0.3, 0.4) is 0 Å². The lowest BCUT2D eigenvalue weighted by atomic mass is 10.1. The van der Waals surface area contributed by atoms with Crippen LogP contribution in [0.4, 0.5) is 5.69 Å². The topological polar surface area (TPSA) is 44.5 Å². The highest BCUT2D eigenvalue weighted by Gasteiger charge is 2.28. The van der Waals surface area contributed by atoms with Crippen LogP contribution in [0.15, 0.2) is 48.5 Å². The van der Waals surface area contributed by atoms with Crippen molar-refractivity contribution in [2.24, 2.45) is 0 Å². The fourth-order valence-electron chi connectivity index (χ4n) is 1.85. The smallest absolute Gasteiger partial charge is 0.119 e. The molecule has 0 unspecified atom stereocenters. The molecule has 24 heavy (non-hydrogen) atoms. The Morgan fingerprint density at radius 3 is 1.83 bits per heavy atom. The van der Waals surface area contributed by atoms with Gasteiger partial charge in [0.15, 0.2) is 0 Å². The van der Waals surface area contributed by atoms with E-state index < -0.39 is 10.3 Å². The first-order valence-electron chi connectivity index (χ1n) is 8.11. The van der Waals surface area contributed by atoms with E-state index in [0.29, 0.717) is 13.2 Å². The maximum absolute atomic E-state index is 6.20. The standard InChI is InChI=1S/C20H29NO2S/c1-20(2,3)24(4,5)23-15-17-8-6-16(7-9-17)14-22-19-12-10-18(21)11-13-19/h6-13H,14-15,21H2,1-5H3. The Morgan fingerprint density at radius 1 is 0.833 bits per heavy atom. The zero-order valence-corrected chi connectivity index (χ0v) is 16.2. The molecule has 0 aliphatic heterocycles. The van der Waals surface area contributed by atoms with Crippen LogP contribution in [-0.4, -0.2) is 17.3 Å². The lowest BCUT2D eigenvalue weighted by molar-refractivity contribution is 0.306. The first-order valence-corrected chi connectivity index (χ1v) is 10.5. The van der Waals surface area contributed by atoms with E-state index in [2.05, 4.69) is 57.5 Å². The Morgan fingerprint density at radius 2 is 1.33 bits per heavy atom. The average Bonchev–Trinajstić information content (AvgIpc) is 2.52. The highest BCUT2D eigenvalue weighted by atomic mass is 32.3. The van der Waals surface area contributed by atoms with Crippen LogP contribution in [0.5, 0.6) is 5.75 Å². The van der Waals surface area contributed by atoms with Gasteiger partial charge >= 0.3 is 0 Å². The number of benzene rings is 2. The lowest BCUT2D eigenvalue weighted by Crippen LogP contribution is -2.24. The molecule has 0 aromatic heterocycles. The molecule has 2 aromatic carbocycles. The largest absolute Gasteiger partial charge is 0.489 e. The molecule has 3 nitrogen and oxygen atoms in total. The summed E-state index contributed by atoms with van der Waals surface area (Å²) in [5, 5.41) is 0. The molecule has 0 bridgehead atoms. The summed E-state index contributed by atoms with van der Waals surface area (Å²) in [6.45, 7) is 7.91. The number of anilines is 1. The van der Waals surface area contributed by atoms with E-state index in [-0.39, 0.29) is 4.75 Å². The van der Waals surface area contributed by atoms with Gasteiger partial charge in [-0.25, -0.2) is 0 Å². The molecule has 0 radical (unpaired) electrons. The second-order valence-electron chi connectivity index (χ2n) is 7.28. The Balaban J connectivity index is 1.87. The number of rotatable bonds is 6. The van der Waals surface area contributed by atoms with Crippen LogP contribution >= 0.6 is 10.3 Å². The van der Waals surface area contributed by atoms with Gasteiger partial charge in [-0.05, 0) is 47.9 Å². The molecule has 4 heteroatoms. The van der Waals surface area contributed by atoms with Crippen LogP contribution < -0.4 is 10.5 Å². The molecule has 0 amide bonds. The highest BCUT2D eigenvalue weighted by Crippen LogP contribution is 2.54. The predicted octanol–water partition coefficient (Wildman–Crippen LogP) is 5.14. The van der Waals surface area contributed by atoms with Crippen LogP contribution in [0, 0.1) is 0 Å². The molecule has 0 fully saturated rings. The maximum atomic E-state index is 6.20. The maximum Gasteiger partial charge on any atom is 0.119 e. The minimum atomic E-state index is -1.09. The molecule has 0 aliphatic rings. The quantitative estimate of drug-likeness (QED) is 0.736. The number of hydrogen-bond donors (Lipinski definition) is 1. The Labute approximate surface area is 147 Å². The van der Waals surface area contributed by atoms with Gasteiger partial charge in [-0.3, -0.25) is 0 Å². The van der Waals surface area contributed by atoms with Gasteiger partial charge in [0.1, 0.15) is 12.4 Å². The molecule has 0 heterocycles. The fourth-order valence-corrected chi connectivity index (χ4v) is 2.64. The Bertz CT molecular complexity index is 643. The summed E-state index contributed by atoms with van der Waals surface area (Å²) in [5.41, 5.74) is 8.74. The van der Waals surface area contributed by atoms with Crippen LogP contribution in [0.25, 0.3) is 0 Å².